The zero-order valence-electron chi connectivity index (χ0n) is 17.0. The van der Waals surface area contributed by atoms with E-state index in [9.17, 15) is 4.79 Å². The highest BCUT2D eigenvalue weighted by atomic mass is 28.4. The number of hydrogen-bond acceptors (Lipinski definition) is 2. The average molecular weight is 349 g/mol. The molecule has 0 amide bonds. The van der Waals surface area contributed by atoms with Crippen LogP contribution >= 0.6 is 0 Å². The Kier molecular flexibility index (Phi) is 4.05. The number of rotatable bonds is 3. The molecule has 0 spiro atoms. The van der Waals surface area contributed by atoms with Crippen LogP contribution in [0.15, 0.2) is 11.6 Å². The van der Waals surface area contributed by atoms with Gasteiger partial charge in [0.25, 0.3) is 0 Å². The molecule has 0 saturated heterocycles. The fourth-order valence-corrected chi connectivity index (χ4v) is 6.26. The highest BCUT2D eigenvalue weighted by Gasteiger charge is 2.59. The van der Waals surface area contributed by atoms with Crippen molar-refractivity contribution in [3.8, 4) is 0 Å². The molecule has 2 bridgehead atoms. The molecule has 4 rings (SSSR count). The maximum Gasteiger partial charge on any atom is 0.192 e. The molecule has 2 saturated carbocycles. The van der Waals surface area contributed by atoms with Gasteiger partial charge in [0.2, 0.25) is 0 Å². The molecule has 0 aromatic rings. The third kappa shape index (κ3) is 2.86. The molecule has 2 fully saturated rings. The van der Waals surface area contributed by atoms with Crippen LogP contribution in [0.4, 0.5) is 0 Å². The maximum absolute atomic E-state index is 12.9. The summed E-state index contributed by atoms with van der Waals surface area (Å²) in [4.78, 5) is 12.9. The quantitative estimate of drug-likeness (QED) is 0.490. The van der Waals surface area contributed by atoms with E-state index in [1.807, 2.05) is 0 Å². The molecule has 0 aliphatic heterocycles. The van der Waals surface area contributed by atoms with E-state index in [1.54, 1.807) is 0 Å². The number of Topliss-reactive ketones (excluding diaryl/α,β-unsaturated/α-hetero) is 1. The SMILES string of the molecule is CC1(C)C[C@H]2[C@@H]3C(=O)C[C@@](C)(C=C3CO[Si](C)(C)C(C)(C)C)[C@H]2C1. The van der Waals surface area contributed by atoms with E-state index in [4.69, 9.17) is 4.43 Å². The fraction of sp³-hybridized carbons (Fsp3) is 0.857. The number of carbonyl (C=O) groups excluding carboxylic acids is 1. The first-order valence-corrected chi connectivity index (χ1v) is 12.5. The van der Waals surface area contributed by atoms with Crippen LogP contribution in [0.1, 0.15) is 60.8 Å². The minimum atomic E-state index is -1.78. The average Bonchev–Trinajstić information content (AvgIpc) is 2.71. The monoisotopic (exact) mass is 348 g/mol. The first-order valence-electron chi connectivity index (χ1n) is 9.64. The summed E-state index contributed by atoms with van der Waals surface area (Å²) in [6.45, 7) is 19.2. The molecule has 2 nitrogen and oxygen atoms in total. The van der Waals surface area contributed by atoms with Crippen molar-refractivity contribution >= 4 is 14.1 Å². The van der Waals surface area contributed by atoms with Crippen molar-refractivity contribution in [1.29, 1.82) is 0 Å². The lowest BCUT2D eigenvalue weighted by Crippen LogP contribution is -2.50. The van der Waals surface area contributed by atoms with Crippen molar-refractivity contribution in [2.75, 3.05) is 6.61 Å². The molecule has 4 atom stereocenters. The second kappa shape index (κ2) is 5.29. The summed E-state index contributed by atoms with van der Waals surface area (Å²) in [5.41, 5.74) is 1.75. The number of carbonyl (C=O) groups is 1. The Hall–Kier alpha value is -0.413. The summed E-state index contributed by atoms with van der Waals surface area (Å²) in [5, 5.41) is 0.215. The number of allylic oxidation sites excluding steroid dienone is 1. The van der Waals surface area contributed by atoms with Crippen molar-refractivity contribution in [2.24, 2.45) is 28.6 Å². The Balaban J connectivity index is 1.85. The standard InChI is InChI=1S/C21H36O2Si/c1-19(2,3)24(7,8)23-13-14-9-21(6)12-17(22)18(14)15-10-20(4,5)11-16(15)21/h9,15-16,18H,10-13H2,1-8H3/t15-,16+,18-,21-/m1/s1. The smallest absolute Gasteiger partial charge is 0.192 e. The predicted octanol–water partition coefficient (Wildman–Crippen LogP) is 5.60. The van der Waals surface area contributed by atoms with Crippen LogP contribution in [0.5, 0.6) is 0 Å². The fourth-order valence-electron chi connectivity index (χ4n) is 5.30. The Morgan fingerprint density at radius 3 is 2.42 bits per heavy atom. The summed E-state index contributed by atoms with van der Waals surface area (Å²) in [6, 6.07) is 0. The van der Waals surface area contributed by atoms with Gasteiger partial charge >= 0.3 is 0 Å². The van der Waals surface area contributed by atoms with Gasteiger partial charge in [0, 0.05) is 12.3 Å². The molecule has 3 heteroatoms. The molecule has 0 aromatic heterocycles. The van der Waals surface area contributed by atoms with Gasteiger partial charge in [-0.25, -0.2) is 0 Å². The predicted molar refractivity (Wildman–Crippen MR) is 102 cm³/mol. The molecule has 0 N–H and O–H groups in total. The second-order valence-corrected chi connectivity index (χ2v) is 16.0. The van der Waals surface area contributed by atoms with Crippen LogP contribution in [0.3, 0.4) is 0 Å². The van der Waals surface area contributed by atoms with E-state index in [0.29, 0.717) is 29.6 Å². The Bertz CT molecular complexity index is 581. The molecule has 0 aromatic carbocycles. The summed E-state index contributed by atoms with van der Waals surface area (Å²) >= 11 is 0. The van der Waals surface area contributed by atoms with Crippen molar-refractivity contribution < 1.29 is 9.22 Å². The number of ketones is 1. The van der Waals surface area contributed by atoms with Gasteiger partial charge in [0.05, 0.1) is 6.61 Å². The van der Waals surface area contributed by atoms with Gasteiger partial charge in [-0.05, 0) is 59.2 Å². The van der Waals surface area contributed by atoms with Crippen LogP contribution in [0.2, 0.25) is 18.1 Å². The van der Waals surface area contributed by atoms with E-state index in [-0.39, 0.29) is 16.4 Å². The second-order valence-electron chi connectivity index (χ2n) is 11.2. The number of fused-ring (bicyclic) bond motifs is 1. The van der Waals surface area contributed by atoms with Gasteiger partial charge in [-0.1, -0.05) is 47.6 Å². The third-order valence-corrected chi connectivity index (χ3v) is 12.1. The first kappa shape index (κ1) is 18.4. The topological polar surface area (TPSA) is 26.3 Å². The van der Waals surface area contributed by atoms with Crippen molar-refractivity contribution in [3.63, 3.8) is 0 Å². The van der Waals surface area contributed by atoms with Gasteiger partial charge in [-0.2, -0.15) is 0 Å². The molecule has 136 valence electrons. The highest BCUT2D eigenvalue weighted by molar-refractivity contribution is 6.74. The Labute approximate surface area is 149 Å². The minimum Gasteiger partial charge on any atom is -0.413 e. The summed E-state index contributed by atoms with van der Waals surface area (Å²) in [5.74, 6) is 1.86. The third-order valence-electron chi connectivity index (χ3n) is 7.58. The van der Waals surface area contributed by atoms with Crippen LogP contribution in [-0.4, -0.2) is 20.7 Å². The van der Waals surface area contributed by atoms with Crippen LogP contribution in [0, 0.1) is 28.6 Å². The lowest BCUT2D eigenvalue weighted by atomic mass is 9.53. The lowest BCUT2D eigenvalue weighted by molar-refractivity contribution is -0.132. The molecule has 0 radical (unpaired) electrons. The van der Waals surface area contributed by atoms with E-state index >= 15 is 0 Å². The molecule has 0 unspecified atom stereocenters. The van der Waals surface area contributed by atoms with E-state index in [2.05, 4.69) is 60.7 Å². The normalized spacial score (nSPS) is 38.2. The molecular formula is C21H36O2Si. The molecule has 4 aliphatic carbocycles. The lowest BCUT2D eigenvalue weighted by Gasteiger charge is -2.51. The Morgan fingerprint density at radius 2 is 1.83 bits per heavy atom. The van der Waals surface area contributed by atoms with Gasteiger partial charge in [-0.3, -0.25) is 4.79 Å². The van der Waals surface area contributed by atoms with Crippen LogP contribution in [-0.2, 0) is 9.22 Å². The Morgan fingerprint density at radius 1 is 1.21 bits per heavy atom. The molecule has 0 heterocycles. The van der Waals surface area contributed by atoms with Gasteiger partial charge in [0.1, 0.15) is 5.78 Å². The van der Waals surface area contributed by atoms with E-state index < -0.39 is 8.32 Å². The zero-order chi connectivity index (χ0) is 18.1. The van der Waals surface area contributed by atoms with Gasteiger partial charge in [-0.15, -0.1) is 0 Å². The summed E-state index contributed by atoms with van der Waals surface area (Å²) in [7, 11) is -1.78. The molecule has 24 heavy (non-hydrogen) atoms. The first-order chi connectivity index (χ1) is 10.8. The molecular weight excluding hydrogens is 312 g/mol. The highest BCUT2D eigenvalue weighted by Crippen LogP contribution is 2.63. The minimum absolute atomic E-state index is 0.0659. The van der Waals surface area contributed by atoms with Gasteiger partial charge in [0.15, 0.2) is 8.32 Å². The van der Waals surface area contributed by atoms with E-state index in [0.717, 1.165) is 6.42 Å². The van der Waals surface area contributed by atoms with Crippen LogP contribution in [0.25, 0.3) is 0 Å². The van der Waals surface area contributed by atoms with E-state index in [1.165, 1.54) is 18.4 Å². The van der Waals surface area contributed by atoms with Crippen molar-refractivity contribution in [2.45, 2.75) is 78.9 Å². The van der Waals surface area contributed by atoms with Crippen LogP contribution < -0.4 is 0 Å². The van der Waals surface area contributed by atoms with Gasteiger partial charge < -0.3 is 4.43 Å². The summed E-state index contributed by atoms with van der Waals surface area (Å²) < 4.78 is 6.50. The molecule has 4 aliphatic rings. The summed E-state index contributed by atoms with van der Waals surface area (Å²) in [6.07, 6.45) is 5.67. The largest absolute Gasteiger partial charge is 0.413 e. The van der Waals surface area contributed by atoms with Crippen molar-refractivity contribution in [1.82, 2.24) is 0 Å². The number of hydrogen-bond donors (Lipinski definition) is 0. The van der Waals surface area contributed by atoms with Crippen molar-refractivity contribution in [3.05, 3.63) is 11.6 Å². The zero-order valence-corrected chi connectivity index (χ0v) is 18.0. The maximum atomic E-state index is 12.9.